The molecular weight excluding hydrogens is 248 g/mol. The van der Waals surface area contributed by atoms with E-state index in [1.54, 1.807) is 0 Å². The molecule has 0 aromatic carbocycles. The van der Waals surface area contributed by atoms with Crippen LogP contribution in [0.15, 0.2) is 30.6 Å². The summed E-state index contributed by atoms with van der Waals surface area (Å²) < 4.78 is 2.18. The summed E-state index contributed by atoms with van der Waals surface area (Å²) in [6, 6.07) is 6.00. The molecule has 0 atom stereocenters. The van der Waals surface area contributed by atoms with Crippen molar-refractivity contribution in [1.82, 2.24) is 9.55 Å². The van der Waals surface area contributed by atoms with E-state index in [4.69, 9.17) is 0 Å². The number of aromatic nitrogens is 2. The molecule has 104 valence electrons. The van der Waals surface area contributed by atoms with Crippen molar-refractivity contribution in [2.75, 3.05) is 0 Å². The third kappa shape index (κ3) is 2.28. The number of pyridine rings is 1. The zero-order chi connectivity index (χ0) is 14.3. The van der Waals surface area contributed by atoms with Gasteiger partial charge in [0.1, 0.15) is 0 Å². The van der Waals surface area contributed by atoms with Gasteiger partial charge in [0.2, 0.25) is 0 Å². The summed E-state index contributed by atoms with van der Waals surface area (Å²) in [5, 5.41) is 0. The Morgan fingerprint density at radius 2 is 2.10 bits per heavy atom. The average molecular weight is 268 g/mol. The molecule has 0 bridgehead atoms. The highest BCUT2D eigenvalue weighted by molar-refractivity contribution is 5.98. The normalized spacial score (nSPS) is 17.1. The standard InChI is InChI=1S/C17H20N2O/c1-12-5-4-7-18-14(12)11-19-8-6-13-15(19)9-17(2,3)10-16(13)20/h4-8H,9-11H2,1-3H3. The summed E-state index contributed by atoms with van der Waals surface area (Å²) in [5.74, 6) is 0.271. The minimum Gasteiger partial charge on any atom is -0.345 e. The fraction of sp³-hybridized carbons (Fsp3) is 0.412. The number of hydrogen-bond acceptors (Lipinski definition) is 2. The Hall–Kier alpha value is -1.90. The molecule has 0 saturated carbocycles. The molecule has 0 amide bonds. The summed E-state index contributed by atoms with van der Waals surface area (Å²) in [5.41, 5.74) is 4.38. The van der Waals surface area contributed by atoms with Gasteiger partial charge < -0.3 is 4.57 Å². The maximum absolute atomic E-state index is 12.2. The first-order chi connectivity index (χ1) is 9.46. The molecule has 1 aliphatic carbocycles. The van der Waals surface area contributed by atoms with Crippen LogP contribution in [-0.2, 0) is 13.0 Å². The zero-order valence-electron chi connectivity index (χ0n) is 12.3. The summed E-state index contributed by atoms with van der Waals surface area (Å²) in [6.07, 6.45) is 5.45. The molecule has 0 fully saturated rings. The Kier molecular flexibility index (Phi) is 3.00. The van der Waals surface area contributed by atoms with E-state index in [1.807, 2.05) is 24.5 Å². The highest BCUT2D eigenvalue weighted by Crippen LogP contribution is 2.35. The fourth-order valence-electron chi connectivity index (χ4n) is 3.00. The number of nitrogens with zero attached hydrogens (tertiary/aromatic N) is 2. The molecule has 3 rings (SSSR count). The number of carbonyl (C=O) groups excluding carboxylic acids is 1. The smallest absolute Gasteiger partial charge is 0.165 e. The van der Waals surface area contributed by atoms with Crippen molar-refractivity contribution in [2.45, 2.75) is 40.2 Å². The fourth-order valence-corrected chi connectivity index (χ4v) is 3.00. The van der Waals surface area contributed by atoms with Crippen LogP contribution in [-0.4, -0.2) is 15.3 Å². The van der Waals surface area contributed by atoms with Crippen LogP contribution in [0.5, 0.6) is 0 Å². The van der Waals surface area contributed by atoms with E-state index in [2.05, 4.69) is 36.4 Å². The van der Waals surface area contributed by atoms with E-state index in [9.17, 15) is 4.79 Å². The summed E-state index contributed by atoms with van der Waals surface area (Å²) in [7, 11) is 0. The minimum absolute atomic E-state index is 0.0549. The highest BCUT2D eigenvalue weighted by Gasteiger charge is 2.32. The van der Waals surface area contributed by atoms with Gasteiger partial charge in [0.15, 0.2) is 5.78 Å². The van der Waals surface area contributed by atoms with Crippen molar-refractivity contribution in [3.63, 3.8) is 0 Å². The molecule has 0 saturated heterocycles. The number of rotatable bonds is 2. The molecule has 2 aromatic heterocycles. The Bertz CT molecular complexity index is 667. The van der Waals surface area contributed by atoms with Crippen molar-refractivity contribution >= 4 is 5.78 Å². The minimum atomic E-state index is 0.0549. The van der Waals surface area contributed by atoms with Gasteiger partial charge in [-0.05, 0) is 36.5 Å². The number of hydrogen-bond donors (Lipinski definition) is 0. The van der Waals surface area contributed by atoms with Gasteiger partial charge in [-0.1, -0.05) is 19.9 Å². The number of aryl methyl sites for hydroxylation is 1. The maximum Gasteiger partial charge on any atom is 0.165 e. The third-order valence-corrected chi connectivity index (χ3v) is 4.10. The van der Waals surface area contributed by atoms with Crippen molar-refractivity contribution in [2.24, 2.45) is 5.41 Å². The van der Waals surface area contributed by atoms with E-state index in [-0.39, 0.29) is 11.2 Å². The number of carbonyl (C=O) groups is 1. The molecule has 1 aliphatic rings. The topological polar surface area (TPSA) is 34.9 Å². The largest absolute Gasteiger partial charge is 0.345 e. The predicted molar refractivity (Wildman–Crippen MR) is 78.9 cm³/mol. The molecule has 3 heteroatoms. The number of fused-ring (bicyclic) bond motifs is 1. The first kappa shape index (κ1) is 13.1. The van der Waals surface area contributed by atoms with Gasteiger partial charge in [-0.3, -0.25) is 9.78 Å². The van der Waals surface area contributed by atoms with E-state index in [1.165, 1.54) is 5.56 Å². The second kappa shape index (κ2) is 4.58. The monoisotopic (exact) mass is 268 g/mol. The van der Waals surface area contributed by atoms with Gasteiger partial charge in [-0.25, -0.2) is 0 Å². The Labute approximate surface area is 119 Å². The van der Waals surface area contributed by atoms with E-state index in [0.717, 1.165) is 29.9 Å². The van der Waals surface area contributed by atoms with Gasteiger partial charge in [0, 0.05) is 30.1 Å². The molecular formula is C17H20N2O. The Morgan fingerprint density at radius 1 is 1.30 bits per heavy atom. The van der Waals surface area contributed by atoms with Crippen LogP contribution in [0.25, 0.3) is 0 Å². The summed E-state index contributed by atoms with van der Waals surface area (Å²) in [4.78, 5) is 16.7. The summed E-state index contributed by atoms with van der Waals surface area (Å²) in [6.45, 7) is 7.15. The molecule has 0 spiro atoms. The lowest BCUT2D eigenvalue weighted by molar-refractivity contribution is 0.0910. The molecule has 2 aromatic rings. The molecule has 0 radical (unpaired) electrons. The molecule has 20 heavy (non-hydrogen) atoms. The quantitative estimate of drug-likeness (QED) is 0.836. The zero-order valence-corrected chi connectivity index (χ0v) is 12.3. The van der Waals surface area contributed by atoms with Crippen LogP contribution in [0, 0.1) is 12.3 Å². The van der Waals surface area contributed by atoms with Crippen LogP contribution in [0.4, 0.5) is 0 Å². The van der Waals surface area contributed by atoms with Crippen LogP contribution in [0.3, 0.4) is 0 Å². The van der Waals surface area contributed by atoms with Crippen LogP contribution in [0.1, 0.15) is 47.6 Å². The highest BCUT2D eigenvalue weighted by atomic mass is 16.1. The Morgan fingerprint density at radius 3 is 2.85 bits per heavy atom. The third-order valence-electron chi connectivity index (χ3n) is 4.10. The van der Waals surface area contributed by atoms with Gasteiger partial charge in [-0.15, -0.1) is 0 Å². The van der Waals surface area contributed by atoms with E-state index in [0.29, 0.717) is 6.42 Å². The molecule has 0 aliphatic heterocycles. The maximum atomic E-state index is 12.2. The van der Waals surface area contributed by atoms with Crippen molar-refractivity contribution in [3.05, 3.63) is 53.1 Å². The lowest BCUT2D eigenvalue weighted by atomic mass is 9.76. The second-order valence-electron chi connectivity index (χ2n) is 6.51. The van der Waals surface area contributed by atoms with Crippen LogP contribution in [0.2, 0.25) is 0 Å². The lowest BCUT2D eigenvalue weighted by Gasteiger charge is -2.29. The molecule has 3 nitrogen and oxygen atoms in total. The predicted octanol–water partition coefficient (Wildman–Crippen LogP) is 3.39. The van der Waals surface area contributed by atoms with Gasteiger partial charge in [0.05, 0.1) is 12.2 Å². The van der Waals surface area contributed by atoms with Crippen molar-refractivity contribution in [3.8, 4) is 0 Å². The summed E-state index contributed by atoms with van der Waals surface area (Å²) >= 11 is 0. The second-order valence-corrected chi connectivity index (χ2v) is 6.51. The van der Waals surface area contributed by atoms with Crippen molar-refractivity contribution in [1.29, 1.82) is 0 Å². The van der Waals surface area contributed by atoms with Gasteiger partial charge >= 0.3 is 0 Å². The molecule has 0 unspecified atom stereocenters. The number of ketones is 1. The Balaban J connectivity index is 1.98. The van der Waals surface area contributed by atoms with E-state index < -0.39 is 0 Å². The van der Waals surface area contributed by atoms with Crippen molar-refractivity contribution < 1.29 is 4.79 Å². The van der Waals surface area contributed by atoms with Crippen LogP contribution >= 0.6 is 0 Å². The number of Topliss-reactive ketones (excluding diaryl/α,β-unsaturated/α-hetero) is 1. The lowest BCUT2D eigenvalue weighted by Crippen LogP contribution is -2.28. The SMILES string of the molecule is Cc1cccnc1Cn1ccc2c1CC(C)(C)CC2=O. The van der Waals surface area contributed by atoms with Gasteiger partial charge in [-0.2, -0.15) is 0 Å². The van der Waals surface area contributed by atoms with Gasteiger partial charge in [0.25, 0.3) is 0 Å². The first-order valence-corrected chi connectivity index (χ1v) is 7.08. The van der Waals surface area contributed by atoms with Crippen LogP contribution < -0.4 is 0 Å². The first-order valence-electron chi connectivity index (χ1n) is 7.08. The van der Waals surface area contributed by atoms with E-state index >= 15 is 0 Å². The molecule has 0 N–H and O–H groups in total. The average Bonchev–Trinajstić information content (AvgIpc) is 2.74. The molecule has 2 heterocycles.